The number of benzene rings is 3. The zero-order valence-electron chi connectivity index (χ0n) is 26.4. The van der Waals surface area contributed by atoms with Crippen LogP contribution in [0.15, 0.2) is 77.7 Å². The summed E-state index contributed by atoms with van der Waals surface area (Å²) in [5, 5.41) is 12.6. The van der Waals surface area contributed by atoms with Gasteiger partial charge in [0.15, 0.2) is 11.5 Å². The average molecular weight is 626 g/mol. The predicted molar refractivity (Wildman–Crippen MR) is 173 cm³/mol. The van der Waals surface area contributed by atoms with Gasteiger partial charge in [-0.05, 0) is 96.1 Å². The molecule has 0 amide bonds. The van der Waals surface area contributed by atoms with Crippen molar-refractivity contribution in [2.45, 2.75) is 45.6 Å². The van der Waals surface area contributed by atoms with E-state index in [9.17, 15) is 19.5 Å². The number of ether oxygens (including phenoxy) is 4. The van der Waals surface area contributed by atoms with Crippen molar-refractivity contribution in [2.24, 2.45) is 5.73 Å². The van der Waals surface area contributed by atoms with E-state index >= 15 is 0 Å². The molecule has 0 aliphatic heterocycles. The molecule has 1 unspecified atom stereocenters. The molecule has 2 heterocycles. The summed E-state index contributed by atoms with van der Waals surface area (Å²) in [5.41, 5.74) is 4.53. The number of methoxy groups -OCH3 is 2. The van der Waals surface area contributed by atoms with Gasteiger partial charge in [0.1, 0.15) is 11.4 Å². The standard InChI is InChI=1S/C35H35N3O8/c1-20(40)45-35(36,33(42)46-34(2,3)4)32-24(19-39)15-23-16-27(43-5)28(44-6)18-25(23)31(32)22-13-14-37-29(17-22)38-26-10-8-7-9-21(26)11-12-30(38)41/h7-18,39H,19,36H2,1-6H3. The van der Waals surface area contributed by atoms with Crippen LogP contribution in [-0.4, -0.2) is 46.4 Å². The third-order valence-electron chi connectivity index (χ3n) is 7.34. The van der Waals surface area contributed by atoms with Gasteiger partial charge >= 0.3 is 11.9 Å². The largest absolute Gasteiger partial charge is 0.493 e. The Labute approximate surface area is 265 Å². The van der Waals surface area contributed by atoms with Crippen molar-refractivity contribution >= 4 is 33.6 Å². The molecule has 1 atom stereocenters. The van der Waals surface area contributed by atoms with Gasteiger partial charge in [0.2, 0.25) is 0 Å². The van der Waals surface area contributed by atoms with E-state index in [1.807, 2.05) is 24.3 Å². The topological polar surface area (TPSA) is 152 Å². The first kappa shape index (κ1) is 32.1. The van der Waals surface area contributed by atoms with Gasteiger partial charge in [0.25, 0.3) is 11.3 Å². The molecule has 11 nitrogen and oxygen atoms in total. The normalized spacial score (nSPS) is 12.9. The summed E-state index contributed by atoms with van der Waals surface area (Å²) < 4.78 is 23.9. The summed E-state index contributed by atoms with van der Waals surface area (Å²) in [6.45, 7) is 5.50. The fourth-order valence-electron chi connectivity index (χ4n) is 5.53. The number of hydrogen-bond acceptors (Lipinski definition) is 10. The van der Waals surface area contributed by atoms with Gasteiger partial charge < -0.3 is 24.1 Å². The molecule has 0 aliphatic rings. The Morgan fingerprint density at radius 2 is 1.61 bits per heavy atom. The van der Waals surface area contributed by atoms with Gasteiger partial charge in [-0.1, -0.05) is 18.2 Å². The van der Waals surface area contributed by atoms with Crippen LogP contribution in [0.25, 0.3) is 38.6 Å². The summed E-state index contributed by atoms with van der Waals surface area (Å²) in [4.78, 5) is 44.2. The number of fused-ring (bicyclic) bond motifs is 2. The Bertz CT molecular complexity index is 2050. The van der Waals surface area contributed by atoms with E-state index in [4.69, 9.17) is 24.7 Å². The lowest BCUT2D eigenvalue weighted by atomic mass is 9.84. The lowest BCUT2D eigenvalue weighted by Crippen LogP contribution is -2.52. The monoisotopic (exact) mass is 625 g/mol. The Hall–Kier alpha value is -5.26. The number of aliphatic hydroxyl groups excluding tert-OH is 1. The van der Waals surface area contributed by atoms with E-state index < -0.39 is 29.9 Å². The molecule has 3 aromatic carbocycles. The summed E-state index contributed by atoms with van der Waals surface area (Å²) >= 11 is 0. The molecular formula is C35H35N3O8. The minimum Gasteiger partial charge on any atom is -0.493 e. The maximum atomic E-state index is 13.9. The highest BCUT2D eigenvalue weighted by Crippen LogP contribution is 2.44. The number of hydrogen-bond donors (Lipinski definition) is 2. The predicted octanol–water partition coefficient (Wildman–Crippen LogP) is 4.73. The number of carbonyl (C=O) groups is 2. The molecule has 0 radical (unpaired) electrons. The Balaban J connectivity index is 1.94. The van der Waals surface area contributed by atoms with Crippen LogP contribution in [0.5, 0.6) is 11.5 Å². The summed E-state index contributed by atoms with van der Waals surface area (Å²) in [6.07, 6.45) is 1.51. The van der Waals surface area contributed by atoms with E-state index in [1.165, 1.54) is 31.0 Å². The molecule has 11 heteroatoms. The maximum absolute atomic E-state index is 13.9. The highest BCUT2D eigenvalue weighted by molar-refractivity contribution is 6.03. The van der Waals surface area contributed by atoms with Crippen LogP contribution in [0.1, 0.15) is 38.8 Å². The summed E-state index contributed by atoms with van der Waals surface area (Å²) in [6, 6.07) is 18.9. The SMILES string of the molecule is COc1cc2cc(CO)c(C(N)(OC(C)=O)C(=O)OC(C)(C)C)c(-c3ccnc(-n4c(=O)ccc5ccccc54)c3)c2cc1OC. The fraction of sp³-hybridized carbons (Fsp3) is 0.257. The van der Waals surface area contributed by atoms with Crippen LogP contribution in [0.4, 0.5) is 0 Å². The van der Waals surface area contributed by atoms with Gasteiger partial charge in [0.05, 0.1) is 26.3 Å². The van der Waals surface area contributed by atoms with Crippen molar-refractivity contribution in [2.75, 3.05) is 14.2 Å². The zero-order chi connectivity index (χ0) is 33.4. The smallest absolute Gasteiger partial charge is 0.371 e. The molecule has 0 aliphatic carbocycles. The molecule has 0 saturated heterocycles. The van der Waals surface area contributed by atoms with Crippen molar-refractivity contribution in [3.05, 3.63) is 94.4 Å². The first-order valence-corrected chi connectivity index (χ1v) is 14.4. The molecule has 2 aromatic heterocycles. The summed E-state index contributed by atoms with van der Waals surface area (Å²) in [7, 11) is 2.98. The second kappa shape index (κ2) is 12.3. The lowest BCUT2D eigenvalue weighted by Gasteiger charge is -2.34. The molecule has 0 fully saturated rings. The van der Waals surface area contributed by atoms with Gasteiger partial charge in [0, 0.05) is 24.8 Å². The number of pyridine rings is 2. The highest BCUT2D eigenvalue weighted by atomic mass is 16.6. The van der Waals surface area contributed by atoms with E-state index in [0.29, 0.717) is 38.9 Å². The molecule has 0 bridgehead atoms. The Kier molecular flexibility index (Phi) is 8.57. The van der Waals surface area contributed by atoms with E-state index in [1.54, 1.807) is 57.2 Å². The van der Waals surface area contributed by atoms with Crippen LogP contribution in [0, 0.1) is 0 Å². The molecule has 238 valence electrons. The van der Waals surface area contributed by atoms with Crippen LogP contribution < -0.4 is 20.8 Å². The van der Waals surface area contributed by atoms with Crippen molar-refractivity contribution in [1.29, 1.82) is 0 Å². The molecule has 3 N–H and O–H groups in total. The molecule has 5 aromatic rings. The Morgan fingerprint density at radius 1 is 0.913 bits per heavy atom. The summed E-state index contributed by atoms with van der Waals surface area (Å²) in [5.74, 6) is -0.841. The third kappa shape index (κ3) is 5.90. The number of para-hydroxylation sites is 1. The van der Waals surface area contributed by atoms with Crippen LogP contribution in [0.3, 0.4) is 0 Å². The Morgan fingerprint density at radius 3 is 2.26 bits per heavy atom. The molecule has 5 rings (SSSR count). The van der Waals surface area contributed by atoms with Crippen LogP contribution in [0.2, 0.25) is 0 Å². The van der Waals surface area contributed by atoms with E-state index in [-0.39, 0.29) is 22.5 Å². The fourth-order valence-corrected chi connectivity index (χ4v) is 5.53. The van der Waals surface area contributed by atoms with Gasteiger partial charge in [-0.3, -0.25) is 19.9 Å². The number of aliphatic hydroxyl groups is 1. The first-order chi connectivity index (χ1) is 21.8. The van der Waals surface area contributed by atoms with Crippen molar-refractivity contribution < 1.29 is 33.6 Å². The number of carbonyl (C=O) groups excluding carboxylic acids is 2. The van der Waals surface area contributed by atoms with Gasteiger partial charge in [-0.25, -0.2) is 9.78 Å². The highest BCUT2D eigenvalue weighted by Gasteiger charge is 2.47. The molecular weight excluding hydrogens is 590 g/mol. The van der Waals surface area contributed by atoms with Crippen molar-refractivity contribution in [3.8, 4) is 28.4 Å². The second-order valence-corrected chi connectivity index (χ2v) is 11.7. The number of nitrogens with zero attached hydrogens (tertiary/aromatic N) is 2. The van der Waals surface area contributed by atoms with Gasteiger partial charge in [-0.15, -0.1) is 0 Å². The second-order valence-electron chi connectivity index (χ2n) is 11.7. The third-order valence-corrected chi connectivity index (χ3v) is 7.34. The van der Waals surface area contributed by atoms with E-state index in [2.05, 4.69) is 4.98 Å². The molecule has 0 saturated carbocycles. The van der Waals surface area contributed by atoms with Crippen LogP contribution >= 0.6 is 0 Å². The average Bonchev–Trinajstić information content (AvgIpc) is 3.01. The molecule has 46 heavy (non-hydrogen) atoms. The lowest BCUT2D eigenvalue weighted by molar-refractivity contribution is -0.191. The van der Waals surface area contributed by atoms with Crippen molar-refractivity contribution in [1.82, 2.24) is 9.55 Å². The quantitative estimate of drug-likeness (QED) is 0.183. The van der Waals surface area contributed by atoms with Crippen LogP contribution in [-0.2, 0) is 31.4 Å². The first-order valence-electron chi connectivity index (χ1n) is 14.4. The number of rotatable bonds is 8. The zero-order valence-corrected chi connectivity index (χ0v) is 26.4. The van der Waals surface area contributed by atoms with E-state index in [0.717, 1.165) is 12.3 Å². The minimum absolute atomic E-state index is 0.0124. The maximum Gasteiger partial charge on any atom is 0.371 e. The number of nitrogens with two attached hydrogens (primary N) is 1. The number of esters is 2. The minimum atomic E-state index is -2.51. The van der Waals surface area contributed by atoms with Crippen molar-refractivity contribution in [3.63, 3.8) is 0 Å². The van der Waals surface area contributed by atoms with Gasteiger partial charge in [-0.2, -0.15) is 0 Å². The molecule has 0 spiro atoms. The number of aromatic nitrogens is 2.